The molecule has 0 heterocycles. The van der Waals surface area contributed by atoms with E-state index in [0.717, 1.165) is 84.9 Å². The number of hydrogen-bond donors (Lipinski definition) is 2. The predicted octanol–water partition coefficient (Wildman–Crippen LogP) is -9.87. The maximum Gasteiger partial charge on any atom is 1.00 e. The number of anilines is 2. The van der Waals surface area contributed by atoms with Gasteiger partial charge in [-0.3, -0.25) is 9.59 Å². The van der Waals surface area contributed by atoms with Gasteiger partial charge in [0.1, 0.15) is 40.5 Å². The van der Waals surface area contributed by atoms with Crippen molar-refractivity contribution in [2.75, 3.05) is 10.6 Å². The standard InChI is InChI=1S/C28H20N2O14S4.4Na/c31-27(29-17-11-21-19(25(13-17)47(39,40)41)3-1-5-23(21)45(33,34)35)15-7-9-16(10-8-15)28(32)30-18-12-22-20(26(14-18)48(42,43)44)4-2-6-24(22)46(36,37)38;;;;/h1-14H,(H,29,31)(H,30,32)(H,33,34,35)(H,36,37,38)(H,39,40,41)(H,42,43,44);;;;/q;4*+1/p-4. The van der Waals surface area contributed by atoms with Gasteiger partial charge in [-0.05, 0) is 60.7 Å². The van der Waals surface area contributed by atoms with Gasteiger partial charge in [0, 0.05) is 44.0 Å². The molecule has 0 unspecified atom stereocenters. The second kappa shape index (κ2) is 18.4. The van der Waals surface area contributed by atoms with Crippen molar-refractivity contribution in [2.45, 2.75) is 19.6 Å². The van der Waals surface area contributed by atoms with Crippen LogP contribution in [0, 0.1) is 0 Å². The fourth-order valence-corrected chi connectivity index (χ4v) is 7.63. The number of hydrogen-bond acceptors (Lipinski definition) is 14. The molecule has 0 aliphatic rings. The number of nitrogens with one attached hydrogen (secondary N) is 2. The van der Waals surface area contributed by atoms with E-state index in [2.05, 4.69) is 10.6 Å². The van der Waals surface area contributed by atoms with Crippen molar-refractivity contribution in [1.29, 1.82) is 0 Å². The SMILES string of the molecule is O=C(Nc1cc(S(=O)(=O)[O-])c2cccc(S(=O)(=O)[O-])c2c1)c1ccc(C(=O)Nc2cc(S(=O)(=O)[O-])c3cccc(S(=O)(=O)[O-])c3c2)cc1.[Na+].[Na+].[Na+].[Na+]. The van der Waals surface area contributed by atoms with Gasteiger partial charge >= 0.3 is 118 Å². The summed E-state index contributed by atoms with van der Waals surface area (Å²) < 4.78 is 142. The van der Waals surface area contributed by atoms with Crippen LogP contribution in [-0.2, 0) is 40.5 Å². The topological polar surface area (TPSA) is 287 Å². The first-order valence-electron chi connectivity index (χ1n) is 12.8. The average molecular weight is 825 g/mol. The molecule has 0 radical (unpaired) electrons. The predicted molar refractivity (Wildman–Crippen MR) is 162 cm³/mol. The van der Waals surface area contributed by atoms with Crippen LogP contribution >= 0.6 is 0 Å². The molecule has 0 aliphatic carbocycles. The Labute approximate surface area is 385 Å². The number of benzene rings is 5. The molecular weight excluding hydrogens is 809 g/mol. The summed E-state index contributed by atoms with van der Waals surface area (Å²) in [5.74, 6) is -1.85. The third-order valence-corrected chi connectivity index (χ3v) is 10.4. The van der Waals surface area contributed by atoms with Crippen molar-refractivity contribution in [2.24, 2.45) is 0 Å². The van der Waals surface area contributed by atoms with E-state index in [0.29, 0.717) is 0 Å². The van der Waals surface area contributed by atoms with Crippen molar-refractivity contribution in [3.63, 3.8) is 0 Å². The van der Waals surface area contributed by atoms with Gasteiger partial charge in [0.15, 0.2) is 0 Å². The molecule has 2 N–H and O–H groups in total. The largest absolute Gasteiger partial charge is 1.00 e. The van der Waals surface area contributed by atoms with Gasteiger partial charge in [0.2, 0.25) is 0 Å². The van der Waals surface area contributed by atoms with Crippen LogP contribution in [0.4, 0.5) is 11.4 Å². The number of carbonyl (C=O) groups is 2. The third-order valence-electron chi connectivity index (χ3n) is 6.84. The summed E-state index contributed by atoms with van der Waals surface area (Å²) in [4.78, 5) is 22.4. The molecule has 5 aromatic rings. The van der Waals surface area contributed by atoms with Gasteiger partial charge in [0.05, 0.1) is 19.6 Å². The maximum atomic E-state index is 13.0. The Morgan fingerprint density at radius 1 is 0.404 bits per heavy atom. The molecular formula is C28H16N2Na4O14S4. The molecule has 0 fully saturated rings. The molecule has 0 spiro atoms. The quantitative estimate of drug-likeness (QED) is 0.109. The van der Waals surface area contributed by atoms with Crippen LogP contribution in [0.3, 0.4) is 0 Å². The Morgan fingerprint density at radius 2 is 0.692 bits per heavy atom. The normalized spacial score (nSPS) is 11.6. The molecule has 5 rings (SSSR count). The van der Waals surface area contributed by atoms with Crippen molar-refractivity contribution in [1.82, 2.24) is 0 Å². The van der Waals surface area contributed by atoms with Crippen LogP contribution in [0.15, 0.2) is 105 Å². The third kappa shape index (κ3) is 11.2. The maximum absolute atomic E-state index is 13.0. The van der Waals surface area contributed by atoms with Crippen molar-refractivity contribution in [3.8, 4) is 0 Å². The summed E-state index contributed by atoms with van der Waals surface area (Å²) in [5, 5.41) is 2.96. The monoisotopic (exact) mass is 824 g/mol. The van der Waals surface area contributed by atoms with Crippen LogP contribution in [0.1, 0.15) is 20.7 Å². The molecule has 2 amide bonds. The summed E-state index contributed by atoms with van der Waals surface area (Å²) in [6.45, 7) is 0. The Kier molecular flexibility index (Phi) is 17.4. The van der Waals surface area contributed by atoms with Gasteiger partial charge in [0.25, 0.3) is 11.8 Å². The van der Waals surface area contributed by atoms with Crippen molar-refractivity contribution >= 4 is 85.2 Å². The van der Waals surface area contributed by atoms with Crippen LogP contribution in [0.25, 0.3) is 21.5 Å². The first-order chi connectivity index (χ1) is 22.1. The first kappa shape index (κ1) is 49.2. The number of rotatable bonds is 8. The average Bonchev–Trinajstić information content (AvgIpc) is 2.97. The Balaban J connectivity index is 0.00000338. The second-order valence-corrected chi connectivity index (χ2v) is 15.3. The van der Waals surface area contributed by atoms with E-state index in [9.17, 15) is 61.5 Å². The van der Waals surface area contributed by atoms with Gasteiger partial charge in [-0.2, -0.15) is 0 Å². The van der Waals surface area contributed by atoms with E-state index in [1.807, 2.05) is 0 Å². The zero-order valence-corrected chi connectivity index (χ0v) is 38.7. The molecule has 250 valence electrons. The van der Waals surface area contributed by atoms with E-state index in [1.165, 1.54) is 0 Å². The summed E-state index contributed by atoms with van der Waals surface area (Å²) in [5.41, 5.74) is -1.00. The van der Waals surface area contributed by atoms with Gasteiger partial charge in [-0.15, -0.1) is 0 Å². The summed E-state index contributed by atoms with van der Waals surface area (Å²) >= 11 is 0. The summed E-state index contributed by atoms with van der Waals surface area (Å²) in [6, 6.07) is 14.1. The van der Waals surface area contributed by atoms with E-state index in [-0.39, 0.29) is 152 Å². The van der Waals surface area contributed by atoms with Gasteiger partial charge < -0.3 is 28.8 Å². The van der Waals surface area contributed by atoms with E-state index in [1.54, 1.807) is 0 Å². The Morgan fingerprint density at radius 3 is 0.962 bits per heavy atom. The molecule has 24 heteroatoms. The molecule has 0 saturated carbocycles. The van der Waals surface area contributed by atoms with Crippen LogP contribution in [0.2, 0.25) is 0 Å². The van der Waals surface area contributed by atoms with E-state index in [4.69, 9.17) is 0 Å². The molecule has 0 bridgehead atoms. The summed E-state index contributed by atoms with van der Waals surface area (Å²) in [6.07, 6.45) is 0. The molecule has 0 aromatic heterocycles. The number of amides is 2. The Hall–Kier alpha value is -0.800. The fraction of sp³-hybridized carbons (Fsp3) is 0. The molecule has 0 saturated heterocycles. The van der Waals surface area contributed by atoms with Crippen LogP contribution in [0.5, 0.6) is 0 Å². The molecule has 52 heavy (non-hydrogen) atoms. The zero-order valence-electron chi connectivity index (χ0n) is 27.4. The van der Waals surface area contributed by atoms with Crippen LogP contribution < -0.4 is 129 Å². The molecule has 0 atom stereocenters. The fourth-order valence-electron chi connectivity index (χ4n) is 4.82. The minimum atomic E-state index is -5.23. The number of fused-ring (bicyclic) bond motifs is 2. The van der Waals surface area contributed by atoms with Crippen molar-refractivity contribution in [3.05, 3.63) is 96.1 Å². The Bertz CT molecular complexity index is 2470. The minimum absolute atomic E-state index is 0. The van der Waals surface area contributed by atoms with Gasteiger partial charge in [-0.25, -0.2) is 33.7 Å². The second-order valence-electron chi connectivity index (χ2n) is 9.95. The smallest absolute Gasteiger partial charge is 0.744 e. The molecule has 0 aliphatic heterocycles. The molecule has 5 aromatic carbocycles. The first-order valence-corrected chi connectivity index (χ1v) is 18.5. The number of carbonyl (C=O) groups excluding carboxylic acids is 2. The van der Waals surface area contributed by atoms with Gasteiger partial charge in [-0.1, -0.05) is 24.3 Å². The summed E-state index contributed by atoms with van der Waals surface area (Å²) in [7, 11) is -20.7. The van der Waals surface area contributed by atoms with Crippen LogP contribution in [-0.4, -0.2) is 63.7 Å². The minimum Gasteiger partial charge on any atom is -0.744 e. The van der Waals surface area contributed by atoms with E-state index >= 15 is 0 Å². The van der Waals surface area contributed by atoms with E-state index < -0.39 is 82.6 Å². The molecule has 16 nitrogen and oxygen atoms in total. The van der Waals surface area contributed by atoms with Crippen molar-refractivity contribution < 1.29 is 180 Å². The zero-order chi connectivity index (χ0) is 35.4.